The monoisotopic (exact) mass is 398 g/mol. The summed E-state index contributed by atoms with van der Waals surface area (Å²) in [4.78, 5) is 24.8. The summed E-state index contributed by atoms with van der Waals surface area (Å²) < 4.78 is 16.6. The van der Waals surface area contributed by atoms with Crippen molar-refractivity contribution in [1.29, 1.82) is 5.26 Å². The summed E-state index contributed by atoms with van der Waals surface area (Å²) in [6, 6.07) is 8.69. The van der Waals surface area contributed by atoms with E-state index in [-0.39, 0.29) is 18.7 Å². The van der Waals surface area contributed by atoms with Crippen LogP contribution in [-0.4, -0.2) is 38.0 Å². The van der Waals surface area contributed by atoms with Crippen LogP contribution in [0.15, 0.2) is 34.2 Å². The molecule has 0 unspecified atom stereocenters. The third kappa shape index (κ3) is 5.21. The number of methoxy groups -OCH3 is 3. The third-order valence-electron chi connectivity index (χ3n) is 4.13. The molecule has 29 heavy (non-hydrogen) atoms. The van der Waals surface area contributed by atoms with Crippen molar-refractivity contribution in [3.63, 3.8) is 0 Å². The van der Waals surface area contributed by atoms with Crippen molar-refractivity contribution in [2.75, 3.05) is 21.3 Å². The Hall–Kier alpha value is -3.64. The van der Waals surface area contributed by atoms with E-state index < -0.39 is 11.5 Å². The number of carbonyl (C=O) groups is 1. The van der Waals surface area contributed by atoms with Crippen LogP contribution >= 0.6 is 0 Å². The molecule has 0 atom stereocenters. The average Bonchev–Trinajstić information content (AvgIpc) is 2.71. The van der Waals surface area contributed by atoms with Gasteiger partial charge in [-0.05, 0) is 31.2 Å². The van der Waals surface area contributed by atoms with Crippen molar-refractivity contribution >= 4 is 12.1 Å². The maximum atomic E-state index is 12.5. The minimum atomic E-state index is -0.548. The van der Waals surface area contributed by atoms with Crippen molar-refractivity contribution in [3.8, 4) is 17.6 Å². The van der Waals surface area contributed by atoms with Crippen LogP contribution in [0.4, 0.5) is 0 Å². The largest absolute Gasteiger partial charge is 0.497 e. The molecule has 2 rings (SSSR count). The highest BCUT2D eigenvalue weighted by Crippen LogP contribution is 2.22. The molecule has 2 aromatic rings. The van der Waals surface area contributed by atoms with Crippen LogP contribution in [0, 0.1) is 18.3 Å². The molecule has 0 saturated carbocycles. The number of nitrogens with one attached hydrogen (secondary N) is 1. The molecule has 0 aliphatic rings. The Bertz CT molecular complexity index is 1020. The lowest BCUT2D eigenvalue weighted by molar-refractivity contribution is -0.121. The fourth-order valence-electron chi connectivity index (χ4n) is 2.71. The van der Waals surface area contributed by atoms with Gasteiger partial charge in [-0.15, -0.1) is 0 Å². The Balaban J connectivity index is 2.17. The number of ether oxygens (including phenoxy) is 3. The van der Waals surface area contributed by atoms with Crippen molar-refractivity contribution < 1.29 is 19.0 Å². The number of hydrogen-bond acceptors (Lipinski definition) is 7. The van der Waals surface area contributed by atoms with Gasteiger partial charge >= 0.3 is 0 Å². The summed E-state index contributed by atoms with van der Waals surface area (Å²) >= 11 is 0. The lowest BCUT2D eigenvalue weighted by Gasteiger charge is -2.12. The van der Waals surface area contributed by atoms with E-state index >= 15 is 0 Å². The van der Waals surface area contributed by atoms with Crippen LogP contribution in [-0.2, 0) is 22.7 Å². The van der Waals surface area contributed by atoms with Gasteiger partial charge in [-0.1, -0.05) is 0 Å². The molecule has 9 nitrogen and oxygen atoms in total. The highest BCUT2D eigenvalue weighted by Gasteiger charge is 2.14. The molecule has 0 fully saturated rings. The molecule has 152 valence electrons. The van der Waals surface area contributed by atoms with Crippen LogP contribution in [0.25, 0.3) is 0 Å². The standard InChI is InChI=1S/C20H22N4O5/c1-13-7-15(12-27-2)17(9-21)20(26)24(13)11-19(25)23-22-10-14-8-16(28-3)5-6-18(14)29-4/h5-8,10H,11-12H2,1-4H3,(H,23,25)/b22-10+. The van der Waals surface area contributed by atoms with E-state index in [4.69, 9.17) is 14.2 Å². The lowest BCUT2D eigenvalue weighted by Crippen LogP contribution is -2.33. The molecule has 1 aromatic carbocycles. The molecule has 1 amide bonds. The normalized spacial score (nSPS) is 10.6. The second kappa shape index (κ2) is 10.1. The Morgan fingerprint density at radius 1 is 1.28 bits per heavy atom. The summed E-state index contributed by atoms with van der Waals surface area (Å²) in [7, 11) is 4.54. The SMILES string of the molecule is COCc1cc(C)n(CC(=O)N/N=C/c2cc(OC)ccc2OC)c(=O)c1C#N. The van der Waals surface area contributed by atoms with Crippen molar-refractivity contribution in [1.82, 2.24) is 9.99 Å². The van der Waals surface area contributed by atoms with Crippen molar-refractivity contribution in [3.05, 3.63) is 57.0 Å². The molecule has 0 spiro atoms. The molecule has 1 N–H and O–H groups in total. The first-order valence-electron chi connectivity index (χ1n) is 8.61. The highest BCUT2D eigenvalue weighted by atomic mass is 16.5. The Morgan fingerprint density at radius 2 is 2.03 bits per heavy atom. The fraction of sp³-hybridized carbons (Fsp3) is 0.300. The summed E-state index contributed by atoms with van der Waals surface area (Å²) in [6.45, 7) is 1.54. The Morgan fingerprint density at radius 3 is 2.66 bits per heavy atom. The van der Waals surface area contributed by atoms with Gasteiger partial charge in [0.2, 0.25) is 0 Å². The smallest absolute Gasteiger partial charge is 0.269 e. The van der Waals surface area contributed by atoms with Gasteiger partial charge in [0.25, 0.3) is 11.5 Å². The van der Waals surface area contributed by atoms with E-state index in [1.165, 1.54) is 32.1 Å². The Labute approximate surface area is 168 Å². The molecular weight excluding hydrogens is 376 g/mol. The minimum absolute atomic E-state index is 0.0464. The number of pyridine rings is 1. The number of aromatic nitrogens is 1. The number of nitrogens with zero attached hydrogens (tertiary/aromatic N) is 3. The zero-order valence-corrected chi connectivity index (χ0v) is 16.7. The zero-order valence-electron chi connectivity index (χ0n) is 16.7. The molecule has 0 saturated heterocycles. The van der Waals surface area contributed by atoms with Gasteiger partial charge in [-0.25, -0.2) is 5.43 Å². The predicted octanol–water partition coefficient (Wildman–Crippen LogP) is 1.34. The summed E-state index contributed by atoms with van der Waals surface area (Å²) in [5.74, 6) is 0.654. The molecule has 1 aromatic heterocycles. The summed E-state index contributed by atoms with van der Waals surface area (Å²) in [5, 5.41) is 13.2. The van der Waals surface area contributed by atoms with Gasteiger partial charge in [0.15, 0.2) is 0 Å². The maximum absolute atomic E-state index is 12.5. The second-order valence-corrected chi connectivity index (χ2v) is 6.02. The molecule has 9 heteroatoms. The van der Waals surface area contributed by atoms with Gasteiger partial charge in [-0.2, -0.15) is 10.4 Å². The topological polar surface area (TPSA) is 115 Å². The second-order valence-electron chi connectivity index (χ2n) is 6.02. The van der Waals surface area contributed by atoms with Crippen molar-refractivity contribution in [2.45, 2.75) is 20.1 Å². The Kier molecular flexibility index (Phi) is 7.51. The first kappa shape index (κ1) is 21.7. The number of hydrazone groups is 1. The lowest BCUT2D eigenvalue weighted by atomic mass is 10.1. The molecule has 0 aliphatic carbocycles. The molecule has 1 heterocycles. The van der Waals surface area contributed by atoms with Crippen LogP contribution in [0.1, 0.15) is 22.4 Å². The fourth-order valence-corrected chi connectivity index (χ4v) is 2.71. The van der Waals surface area contributed by atoms with Gasteiger partial charge < -0.3 is 18.8 Å². The van der Waals surface area contributed by atoms with E-state index in [1.807, 2.05) is 6.07 Å². The number of benzene rings is 1. The first-order chi connectivity index (χ1) is 13.9. The molecule has 0 bridgehead atoms. The third-order valence-corrected chi connectivity index (χ3v) is 4.13. The van der Waals surface area contributed by atoms with Crippen molar-refractivity contribution in [2.24, 2.45) is 5.10 Å². The first-order valence-corrected chi connectivity index (χ1v) is 8.61. The number of carbonyl (C=O) groups excluding carboxylic acids is 1. The number of nitriles is 1. The van der Waals surface area contributed by atoms with E-state index in [9.17, 15) is 14.9 Å². The average molecular weight is 398 g/mol. The van der Waals surface area contributed by atoms with Gasteiger partial charge in [-0.3, -0.25) is 9.59 Å². The number of amides is 1. The minimum Gasteiger partial charge on any atom is -0.497 e. The van der Waals surface area contributed by atoms with Crippen LogP contribution < -0.4 is 20.5 Å². The van der Waals surface area contributed by atoms with Crippen LogP contribution in [0.3, 0.4) is 0 Å². The highest BCUT2D eigenvalue weighted by molar-refractivity contribution is 5.85. The molecule has 0 aliphatic heterocycles. The van der Waals surface area contributed by atoms with E-state index in [0.29, 0.717) is 28.3 Å². The molecular formula is C20H22N4O5. The zero-order chi connectivity index (χ0) is 21.4. The number of aryl methyl sites for hydroxylation is 1. The molecule has 0 radical (unpaired) electrons. The van der Waals surface area contributed by atoms with Gasteiger partial charge in [0.1, 0.15) is 29.7 Å². The van der Waals surface area contributed by atoms with Gasteiger partial charge in [0, 0.05) is 23.9 Å². The summed E-state index contributed by atoms with van der Waals surface area (Å²) in [6.07, 6.45) is 1.41. The van der Waals surface area contributed by atoms with E-state index in [1.54, 1.807) is 31.2 Å². The van der Waals surface area contributed by atoms with E-state index in [0.717, 1.165) is 0 Å². The maximum Gasteiger partial charge on any atom is 0.269 e. The van der Waals surface area contributed by atoms with Gasteiger partial charge in [0.05, 0.1) is 27.0 Å². The van der Waals surface area contributed by atoms with Crippen LogP contribution in [0.5, 0.6) is 11.5 Å². The van der Waals surface area contributed by atoms with E-state index in [2.05, 4.69) is 10.5 Å². The number of hydrogen-bond donors (Lipinski definition) is 1. The summed E-state index contributed by atoms with van der Waals surface area (Å²) in [5.41, 5.74) is 3.40. The predicted molar refractivity (Wildman–Crippen MR) is 106 cm³/mol. The van der Waals surface area contributed by atoms with Crippen LogP contribution in [0.2, 0.25) is 0 Å². The quantitative estimate of drug-likeness (QED) is 0.530. The number of rotatable bonds is 8.